The van der Waals surface area contributed by atoms with Gasteiger partial charge in [0.25, 0.3) is 0 Å². The van der Waals surface area contributed by atoms with E-state index in [0.29, 0.717) is 17.0 Å². The number of aromatic nitrogens is 3. The van der Waals surface area contributed by atoms with Crippen LogP contribution in [0.1, 0.15) is 44.2 Å². The van der Waals surface area contributed by atoms with Crippen molar-refractivity contribution < 1.29 is 0 Å². The van der Waals surface area contributed by atoms with Crippen LogP contribution >= 0.6 is 11.6 Å². The molecular formula is C14H16ClN3. The fourth-order valence-electron chi connectivity index (χ4n) is 2.11. The van der Waals surface area contributed by atoms with Crippen LogP contribution in [0, 0.1) is 0 Å². The number of rotatable bonds is 3. The second kappa shape index (κ2) is 4.39. The van der Waals surface area contributed by atoms with Crippen molar-refractivity contribution in [3.63, 3.8) is 0 Å². The van der Waals surface area contributed by atoms with Crippen LogP contribution in [0.15, 0.2) is 24.5 Å². The first-order valence-corrected chi connectivity index (χ1v) is 6.74. The third-order valence-corrected chi connectivity index (χ3v) is 3.59. The van der Waals surface area contributed by atoms with Crippen LogP contribution < -0.4 is 0 Å². The highest BCUT2D eigenvalue weighted by molar-refractivity contribution is 6.32. The van der Waals surface area contributed by atoms with E-state index in [2.05, 4.69) is 30.1 Å². The lowest BCUT2D eigenvalue weighted by Crippen LogP contribution is -2.01. The molecule has 3 rings (SSSR count). The van der Waals surface area contributed by atoms with Gasteiger partial charge in [0.05, 0.1) is 5.02 Å². The van der Waals surface area contributed by atoms with Gasteiger partial charge in [-0.1, -0.05) is 11.6 Å². The average Bonchev–Trinajstić information content (AvgIpc) is 3.09. The molecule has 1 aliphatic rings. The summed E-state index contributed by atoms with van der Waals surface area (Å²) >= 11 is 6.23. The normalized spacial score (nSPS) is 15.3. The molecular weight excluding hydrogens is 246 g/mol. The van der Waals surface area contributed by atoms with Crippen LogP contribution in [0.25, 0.3) is 11.4 Å². The fraction of sp³-hybridized carbons (Fsp3) is 0.429. The molecule has 94 valence electrons. The van der Waals surface area contributed by atoms with Crippen LogP contribution in [0.2, 0.25) is 5.02 Å². The number of hydrogen-bond donors (Lipinski definition) is 0. The quantitative estimate of drug-likeness (QED) is 0.834. The van der Waals surface area contributed by atoms with E-state index in [9.17, 15) is 0 Å². The zero-order valence-electron chi connectivity index (χ0n) is 10.6. The summed E-state index contributed by atoms with van der Waals surface area (Å²) in [7, 11) is 0. The van der Waals surface area contributed by atoms with Gasteiger partial charge in [0.2, 0.25) is 0 Å². The molecule has 1 fully saturated rings. The minimum atomic E-state index is 0.360. The Kier molecular flexibility index (Phi) is 2.86. The Bertz CT molecular complexity index is 570. The van der Waals surface area contributed by atoms with Crippen LogP contribution in [0.3, 0.4) is 0 Å². The lowest BCUT2D eigenvalue weighted by Gasteiger charge is -2.04. The van der Waals surface area contributed by atoms with Gasteiger partial charge in [-0.3, -0.25) is 9.67 Å². The minimum Gasteiger partial charge on any atom is -0.269 e. The van der Waals surface area contributed by atoms with Gasteiger partial charge in [0.1, 0.15) is 11.4 Å². The zero-order chi connectivity index (χ0) is 12.7. The molecule has 0 radical (unpaired) electrons. The topological polar surface area (TPSA) is 30.7 Å². The van der Waals surface area contributed by atoms with Crippen LogP contribution in [-0.4, -0.2) is 14.8 Å². The fourth-order valence-corrected chi connectivity index (χ4v) is 2.32. The predicted octanol–water partition coefficient (Wildman–Crippen LogP) is 4.06. The van der Waals surface area contributed by atoms with Crippen molar-refractivity contribution in [2.75, 3.05) is 0 Å². The molecule has 0 bridgehead atoms. The molecule has 0 aromatic carbocycles. The highest BCUT2D eigenvalue weighted by Crippen LogP contribution is 2.44. The van der Waals surface area contributed by atoms with E-state index in [1.807, 2.05) is 16.8 Å². The van der Waals surface area contributed by atoms with Crippen molar-refractivity contribution in [1.82, 2.24) is 14.8 Å². The van der Waals surface area contributed by atoms with Gasteiger partial charge in [0.15, 0.2) is 0 Å². The molecule has 0 amide bonds. The molecule has 0 atom stereocenters. The van der Waals surface area contributed by atoms with Crippen molar-refractivity contribution in [3.05, 3.63) is 35.1 Å². The SMILES string of the molecule is CC(C)n1cc(C2CC2)c(-c2ncccc2Cl)n1. The molecule has 18 heavy (non-hydrogen) atoms. The monoisotopic (exact) mass is 261 g/mol. The summed E-state index contributed by atoms with van der Waals surface area (Å²) in [6, 6.07) is 4.08. The lowest BCUT2D eigenvalue weighted by atomic mass is 10.1. The molecule has 1 saturated carbocycles. The lowest BCUT2D eigenvalue weighted by molar-refractivity contribution is 0.533. The van der Waals surface area contributed by atoms with Gasteiger partial charge in [-0.25, -0.2) is 0 Å². The third kappa shape index (κ3) is 2.03. The maximum Gasteiger partial charge on any atom is 0.116 e. The Hall–Kier alpha value is -1.35. The third-order valence-electron chi connectivity index (χ3n) is 3.29. The summed E-state index contributed by atoms with van der Waals surface area (Å²) in [4.78, 5) is 4.38. The Morgan fingerprint density at radius 1 is 1.33 bits per heavy atom. The molecule has 3 nitrogen and oxygen atoms in total. The first-order valence-electron chi connectivity index (χ1n) is 6.36. The maximum atomic E-state index is 6.23. The van der Waals surface area contributed by atoms with Gasteiger partial charge in [0, 0.05) is 24.0 Å². The Morgan fingerprint density at radius 2 is 2.11 bits per heavy atom. The zero-order valence-corrected chi connectivity index (χ0v) is 11.4. The van der Waals surface area contributed by atoms with Crippen LogP contribution in [-0.2, 0) is 0 Å². The van der Waals surface area contributed by atoms with Gasteiger partial charge >= 0.3 is 0 Å². The number of halogens is 1. The average molecular weight is 262 g/mol. The molecule has 1 aliphatic carbocycles. The van der Waals surface area contributed by atoms with E-state index in [1.165, 1.54) is 18.4 Å². The Labute approximate surface area is 112 Å². The minimum absolute atomic E-state index is 0.360. The molecule has 2 aromatic rings. The van der Waals surface area contributed by atoms with Gasteiger partial charge in [-0.05, 0) is 44.7 Å². The van der Waals surface area contributed by atoms with Crippen LogP contribution in [0.4, 0.5) is 0 Å². The summed E-state index contributed by atoms with van der Waals surface area (Å²) < 4.78 is 2.01. The van der Waals surface area contributed by atoms with E-state index in [-0.39, 0.29) is 0 Å². The van der Waals surface area contributed by atoms with E-state index < -0.39 is 0 Å². The number of nitrogens with zero attached hydrogens (tertiary/aromatic N) is 3. The summed E-state index contributed by atoms with van der Waals surface area (Å²) in [5.41, 5.74) is 3.06. The first-order chi connectivity index (χ1) is 8.66. The molecule has 0 unspecified atom stereocenters. The largest absolute Gasteiger partial charge is 0.269 e. The van der Waals surface area contributed by atoms with E-state index in [0.717, 1.165) is 11.4 Å². The molecule has 0 aliphatic heterocycles. The molecule has 4 heteroatoms. The van der Waals surface area contributed by atoms with Gasteiger partial charge < -0.3 is 0 Å². The van der Waals surface area contributed by atoms with Gasteiger partial charge in [-0.15, -0.1) is 0 Å². The van der Waals surface area contributed by atoms with E-state index in [1.54, 1.807) is 6.20 Å². The molecule has 0 saturated heterocycles. The smallest absolute Gasteiger partial charge is 0.116 e. The predicted molar refractivity (Wildman–Crippen MR) is 72.8 cm³/mol. The highest BCUT2D eigenvalue weighted by Gasteiger charge is 2.30. The summed E-state index contributed by atoms with van der Waals surface area (Å²) in [5.74, 6) is 0.644. The number of hydrogen-bond acceptors (Lipinski definition) is 2. The summed E-state index contributed by atoms with van der Waals surface area (Å²) in [5, 5.41) is 5.35. The molecule has 0 spiro atoms. The Morgan fingerprint density at radius 3 is 2.72 bits per heavy atom. The highest BCUT2D eigenvalue weighted by atomic mass is 35.5. The van der Waals surface area contributed by atoms with Crippen molar-refractivity contribution in [2.24, 2.45) is 0 Å². The standard InChI is InChI=1S/C14H16ClN3/c1-9(2)18-8-11(10-5-6-10)13(17-18)14-12(15)4-3-7-16-14/h3-4,7-10H,5-6H2,1-2H3. The van der Waals surface area contributed by atoms with E-state index in [4.69, 9.17) is 11.6 Å². The second-order valence-corrected chi connectivity index (χ2v) is 5.52. The second-order valence-electron chi connectivity index (χ2n) is 5.11. The van der Waals surface area contributed by atoms with Crippen molar-refractivity contribution >= 4 is 11.6 Å². The molecule has 2 aromatic heterocycles. The number of pyridine rings is 1. The first kappa shape index (κ1) is 11.7. The van der Waals surface area contributed by atoms with Crippen molar-refractivity contribution in [2.45, 2.75) is 38.6 Å². The maximum absolute atomic E-state index is 6.23. The van der Waals surface area contributed by atoms with Crippen LogP contribution in [0.5, 0.6) is 0 Å². The van der Waals surface area contributed by atoms with Crippen molar-refractivity contribution in [3.8, 4) is 11.4 Å². The van der Waals surface area contributed by atoms with Crippen molar-refractivity contribution in [1.29, 1.82) is 0 Å². The summed E-state index contributed by atoms with van der Waals surface area (Å²) in [6.07, 6.45) is 6.43. The Balaban J connectivity index is 2.13. The molecule has 2 heterocycles. The van der Waals surface area contributed by atoms with Gasteiger partial charge in [-0.2, -0.15) is 5.10 Å². The van der Waals surface area contributed by atoms with E-state index >= 15 is 0 Å². The summed E-state index contributed by atoms with van der Waals surface area (Å²) in [6.45, 7) is 4.26. The molecule has 0 N–H and O–H groups in total.